The summed E-state index contributed by atoms with van der Waals surface area (Å²) in [4.78, 5) is 2.23. The molecule has 2 aliphatic heterocycles. The average molecular weight is 380 g/mol. The molecule has 2 fully saturated rings. The molecule has 1 aromatic rings. The van der Waals surface area contributed by atoms with E-state index in [1.165, 1.54) is 19.4 Å². The van der Waals surface area contributed by atoms with Crippen molar-refractivity contribution in [3.05, 3.63) is 28.8 Å². The molecule has 4 nitrogen and oxygen atoms in total. The van der Waals surface area contributed by atoms with Crippen molar-refractivity contribution in [2.75, 3.05) is 19.6 Å². The highest BCUT2D eigenvalue weighted by Gasteiger charge is 2.38. The predicted molar refractivity (Wildman–Crippen MR) is 106 cm³/mol. The summed E-state index contributed by atoms with van der Waals surface area (Å²) in [5.41, 5.74) is 2.86. The van der Waals surface area contributed by atoms with Gasteiger partial charge in [-0.2, -0.15) is 4.31 Å². The molecule has 0 bridgehead atoms. The average Bonchev–Trinajstić information content (AvgIpc) is 2.53. The molecule has 1 N–H and O–H groups in total. The van der Waals surface area contributed by atoms with E-state index >= 15 is 0 Å². The fraction of sp³-hybridized carbons (Fsp3) is 0.714. The quantitative estimate of drug-likeness (QED) is 0.877. The molecule has 5 heteroatoms. The molecule has 0 radical (unpaired) electrons. The van der Waals surface area contributed by atoms with Gasteiger partial charge in [-0.05, 0) is 51.2 Å². The van der Waals surface area contributed by atoms with E-state index in [4.69, 9.17) is 0 Å². The Balaban J connectivity index is 1.72. The third-order valence-electron chi connectivity index (χ3n) is 6.50. The van der Waals surface area contributed by atoms with Crippen molar-refractivity contribution in [1.29, 1.82) is 0 Å². The van der Waals surface area contributed by atoms with Gasteiger partial charge >= 0.3 is 0 Å². The first-order valence-corrected chi connectivity index (χ1v) is 11.6. The summed E-state index contributed by atoms with van der Waals surface area (Å²) < 4.78 is 28.2. The lowest BCUT2D eigenvalue weighted by Crippen LogP contribution is -3.20. The van der Waals surface area contributed by atoms with Crippen molar-refractivity contribution < 1.29 is 13.3 Å². The van der Waals surface area contributed by atoms with Crippen LogP contribution in [0.3, 0.4) is 0 Å². The summed E-state index contributed by atoms with van der Waals surface area (Å²) in [6, 6.07) is 5.28. The molecule has 0 amide bonds. The van der Waals surface area contributed by atoms with E-state index in [1.54, 1.807) is 9.21 Å². The molecule has 2 aliphatic rings. The maximum absolute atomic E-state index is 13.2. The van der Waals surface area contributed by atoms with Gasteiger partial charge in [0.25, 0.3) is 0 Å². The van der Waals surface area contributed by atoms with Crippen LogP contribution in [0.1, 0.15) is 56.2 Å². The van der Waals surface area contributed by atoms with E-state index in [1.807, 2.05) is 32.9 Å². The fourth-order valence-corrected chi connectivity index (χ4v) is 7.19. The second kappa shape index (κ2) is 7.61. The minimum atomic E-state index is -3.39. The van der Waals surface area contributed by atoms with E-state index in [9.17, 15) is 8.42 Å². The Morgan fingerprint density at radius 2 is 1.58 bits per heavy atom. The minimum absolute atomic E-state index is 0.522. The lowest BCUT2D eigenvalue weighted by Gasteiger charge is -2.42. The summed E-state index contributed by atoms with van der Waals surface area (Å²) in [5.74, 6) is 0.835. The topological polar surface area (TPSA) is 41.8 Å². The zero-order chi connectivity index (χ0) is 19.1. The first kappa shape index (κ1) is 19.8. The van der Waals surface area contributed by atoms with Gasteiger partial charge in [0.2, 0.25) is 10.0 Å². The number of likely N-dealkylation sites (tertiary alicyclic amines) is 1. The van der Waals surface area contributed by atoms with Crippen LogP contribution in [0.4, 0.5) is 0 Å². The van der Waals surface area contributed by atoms with Crippen molar-refractivity contribution in [2.45, 2.75) is 77.3 Å². The molecule has 146 valence electrons. The van der Waals surface area contributed by atoms with Gasteiger partial charge in [0.05, 0.1) is 23.5 Å². The smallest absolute Gasteiger partial charge is 0.243 e. The number of quaternary nitrogens is 1. The lowest BCUT2D eigenvalue weighted by atomic mass is 9.90. The van der Waals surface area contributed by atoms with Crippen LogP contribution in [0.2, 0.25) is 0 Å². The first-order chi connectivity index (χ1) is 12.2. The number of rotatable bonds is 3. The highest BCUT2D eigenvalue weighted by molar-refractivity contribution is 7.89. The van der Waals surface area contributed by atoms with Gasteiger partial charge in [0.15, 0.2) is 0 Å². The molecule has 1 aromatic carbocycles. The summed E-state index contributed by atoms with van der Waals surface area (Å²) in [7, 11) is -3.39. The SMILES string of the molecule is Cc1cc(C)c(S(=O)(=O)N2CCC([NH+]3CCC(C)CC3C)CC2)c(C)c1. The summed E-state index contributed by atoms with van der Waals surface area (Å²) in [5, 5.41) is 0. The number of nitrogens with one attached hydrogen (secondary N) is 1. The molecule has 2 heterocycles. The second-order valence-corrected chi connectivity index (χ2v) is 10.6. The highest BCUT2D eigenvalue weighted by atomic mass is 32.2. The lowest BCUT2D eigenvalue weighted by molar-refractivity contribution is -0.955. The van der Waals surface area contributed by atoms with Crippen LogP contribution in [0.5, 0.6) is 0 Å². The van der Waals surface area contributed by atoms with Crippen LogP contribution in [-0.4, -0.2) is 44.4 Å². The van der Waals surface area contributed by atoms with E-state index in [0.717, 1.165) is 35.4 Å². The summed E-state index contributed by atoms with van der Waals surface area (Å²) in [6.45, 7) is 13.1. The fourth-order valence-electron chi connectivity index (χ4n) is 5.31. The monoisotopic (exact) mass is 379 g/mol. The standard InChI is InChI=1S/C21H34N2O2S/c1-15-6-11-23(19(5)14-15)20-7-9-22(10-8-20)26(24,25)21-17(3)12-16(2)13-18(21)4/h12-13,15,19-20H,6-11,14H2,1-5H3/p+1. The Morgan fingerprint density at radius 1 is 1.00 bits per heavy atom. The van der Waals surface area contributed by atoms with Crippen molar-refractivity contribution in [3.63, 3.8) is 0 Å². The largest absolute Gasteiger partial charge is 0.330 e. The normalized spacial score (nSPS) is 29.0. The van der Waals surface area contributed by atoms with Gasteiger partial charge in [-0.25, -0.2) is 8.42 Å². The Labute approximate surface area is 159 Å². The van der Waals surface area contributed by atoms with Crippen molar-refractivity contribution >= 4 is 10.0 Å². The van der Waals surface area contributed by atoms with Gasteiger partial charge in [-0.1, -0.05) is 24.6 Å². The molecule has 3 unspecified atom stereocenters. The number of sulfonamides is 1. The van der Waals surface area contributed by atoms with E-state index in [-0.39, 0.29) is 0 Å². The van der Waals surface area contributed by atoms with Crippen LogP contribution in [0.15, 0.2) is 17.0 Å². The molecule has 0 spiro atoms. The third kappa shape index (κ3) is 3.85. The van der Waals surface area contributed by atoms with Gasteiger partial charge in [0, 0.05) is 32.4 Å². The second-order valence-electron chi connectivity index (χ2n) is 8.76. The molecule has 0 saturated carbocycles. The number of piperidine rings is 2. The summed E-state index contributed by atoms with van der Waals surface area (Å²) >= 11 is 0. The van der Waals surface area contributed by atoms with Gasteiger partial charge in [0.1, 0.15) is 0 Å². The number of aryl methyl sites for hydroxylation is 3. The molecular weight excluding hydrogens is 344 g/mol. The van der Waals surface area contributed by atoms with E-state index in [2.05, 4.69) is 13.8 Å². The van der Waals surface area contributed by atoms with Crippen LogP contribution in [0.25, 0.3) is 0 Å². The predicted octanol–water partition coefficient (Wildman–Crippen LogP) is 2.47. The Hall–Kier alpha value is -0.910. The highest BCUT2D eigenvalue weighted by Crippen LogP contribution is 2.27. The van der Waals surface area contributed by atoms with Gasteiger partial charge in [-0.15, -0.1) is 0 Å². The minimum Gasteiger partial charge on any atom is -0.330 e. The van der Waals surface area contributed by atoms with Crippen molar-refractivity contribution in [3.8, 4) is 0 Å². The van der Waals surface area contributed by atoms with E-state index < -0.39 is 10.0 Å². The van der Waals surface area contributed by atoms with Crippen molar-refractivity contribution in [1.82, 2.24) is 4.31 Å². The number of hydrogen-bond donors (Lipinski definition) is 1. The zero-order valence-corrected chi connectivity index (χ0v) is 17.8. The van der Waals surface area contributed by atoms with Crippen LogP contribution in [0, 0.1) is 26.7 Å². The molecule has 26 heavy (non-hydrogen) atoms. The molecule has 2 saturated heterocycles. The first-order valence-electron chi connectivity index (χ1n) is 10.1. The Bertz CT molecular complexity index is 728. The van der Waals surface area contributed by atoms with E-state index in [0.29, 0.717) is 30.1 Å². The number of benzene rings is 1. The molecule has 0 aliphatic carbocycles. The Morgan fingerprint density at radius 3 is 2.12 bits per heavy atom. The van der Waals surface area contributed by atoms with Crippen LogP contribution in [-0.2, 0) is 10.0 Å². The Kier molecular flexibility index (Phi) is 5.80. The van der Waals surface area contributed by atoms with Gasteiger partial charge in [-0.3, -0.25) is 0 Å². The van der Waals surface area contributed by atoms with Crippen LogP contribution >= 0.6 is 0 Å². The number of hydrogen-bond acceptors (Lipinski definition) is 2. The van der Waals surface area contributed by atoms with Crippen LogP contribution < -0.4 is 4.90 Å². The van der Waals surface area contributed by atoms with Gasteiger partial charge < -0.3 is 4.90 Å². The molecule has 0 aromatic heterocycles. The maximum atomic E-state index is 13.2. The molecular formula is C21H35N2O2S+. The van der Waals surface area contributed by atoms with Crippen molar-refractivity contribution in [2.24, 2.45) is 5.92 Å². The zero-order valence-electron chi connectivity index (χ0n) is 17.0. The number of nitrogens with zero attached hydrogens (tertiary/aromatic N) is 1. The molecule has 3 atom stereocenters. The summed E-state index contributed by atoms with van der Waals surface area (Å²) in [6.07, 6.45) is 4.57. The maximum Gasteiger partial charge on any atom is 0.243 e. The molecule has 3 rings (SSSR count). The third-order valence-corrected chi connectivity index (χ3v) is 8.70.